The molecular weight excluding hydrogens is 288 g/mol. The monoisotopic (exact) mass is 306 g/mol. The first kappa shape index (κ1) is 14.6. The highest BCUT2D eigenvalue weighted by molar-refractivity contribution is 6.02. The van der Waals surface area contributed by atoms with Gasteiger partial charge in [-0.15, -0.1) is 0 Å². The Balaban J connectivity index is 1.63. The van der Waals surface area contributed by atoms with E-state index in [1.54, 1.807) is 6.07 Å². The van der Waals surface area contributed by atoms with Crippen molar-refractivity contribution in [3.05, 3.63) is 18.2 Å². The van der Waals surface area contributed by atoms with Gasteiger partial charge in [0, 0.05) is 19.2 Å². The second-order valence-corrected chi connectivity index (χ2v) is 5.36. The first-order valence-electron chi connectivity index (χ1n) is 7.28. The number of hydrogen-bond donors (Lipinski definition) is 2. The number of aromatic hydroxyl groups is 1. The van der Waals surface area contributed by atoms with Gasteiger partial charge in [-0.2, -0.15) is 0 Å². The molecule has 1 aromatic rings. The van der Waals surface area contributed by atoms with Crippen molar-refractivity contribution < 1.29 is 24.2 Å². The molecule has 0 spiro atoms. The Kier molecular flexibility index (Phi) is 4.15. The standard InChI is InChI=1S/C15H18N2O5/c18-10-3-4-12-13(6-10)22-9-15(20)17(12)8-14(19)16-7-11-2-1-5-21-11/h3-4,6,11,18H,1-2,5,7-9H2,(H,16,19). The zero-order valence-electron chi connectivity index (χ0n) is 12.1. The molecule has 2 aliphatic rings. The van der Waals surface area contributed by atoms with Crippen LogP contribution in [0.2, 0.25) is 0 Å². The second kappa shape index (κ2) is 6.23. The van der Waals surface area contributed by atoms with Gasteiger partial charge >= 0.3 is 0 Å². The van der Waals surface area contributed by atoms with Crippen LogP contribution in [-0.4, -0.2) is 49.3 Å². The molecule has 22 heavy (non-hydrogen) atoms. The minimum absolute atomic E-state index is 0.0517. The molecule has 1 aromatic carbocycles. The molecule has 118 valence electrons. The third-order valence-corrected chi connectivity index (χ3v) is 3.74. The average Bonchev–Trinajstić information content (AvgIpc) is 3.01. The average molecular weight is 306 g/mol. The summed E-state index contributed by atoms with van der Waals surface area (Å²) in [5.41, 5.74) is 0.487. The van der Waals surface area contributed by atoms with Gasteiger partial charge in [-0.3, -0.25) is 14.5 Å². The largest absolute Gasteiger partial charge is 0.508 e. The molecule has 2 aliphatic heterocycles. The number of anilines is 1. The van der Waals surface area contributed by atoms with E-state index in [4.69, 9.17) is 9.47 Å². The van der Waals surface area contributed by atoms with Gasteiger partial charge in [0.05, 0.1) is 11.8 Å². The first-order chi connectivity index (χ1) is 10.6. The van der Waals surface area contributed by atoms with Crippen molar-refractivity contribution in [2.75, 3.05) is 31.2 Å². The molecule has 1 unspecified atom stereocenters. The summed E-state index contributed by atoms with van der Waals surface area (Å²) in [4.78, 5) is 25.4. The van der Waals surface area contributed by atoms with E-state index < -0.39 is 0 Å². The molecule has 2 amide bonds. The van der Waals surface area contributed by atoms with Crippen molar-refractivity contribution in [3.63, 3.8) is 0 Å². The summed E-state index contributed by atoms with van der Waals surface area (Å²) in [6.45, 7) is 0.974. The number of nitrogens with zero attached hydrogens (tertiary/aromatic N) is 1. The smallest absolute Gasteiger partial charge is 0.265 e. The molecule has 1 saturated heterocycles. The minimum Gasteiger partial charge on any atom is -0.508 e. The van der Waals surface area contributed by atoms with Gasteiger partial charge in [0.2, 0.25) is 5.91 Å². The van der Waals surface area contributed by atoms with Crippen molar-refractivity contribution in [1.29, 1.82) is 0 Å². The van der Waals surface area contributed by atoms with Crippen LogP contribution >= 0.6 is 0 Å². The van der Waals surface area contributed by atoms with Crippen molar-refractivity contribution in [3.8, 4) is 11.5 Å². The van der Waals surface area contributed by atoms with E-state index in [9.17, 15) is 14.7 Å². The Labute approximate surface area is 127 Å². The molecule has 0 aliphatic carbocycles. The summed E-state index contributed by atoms with van der Waals surface area (Å²) >= 11 is 0. The van der Waals surface area contributed by atoms with Gasteiger partial charge in [-0.05, 0) is 25.0 Å². The highest BCUT2D eigenvalue weighted by Gasteiger charge is 2.28. The lowest BCUT2D eigenvalue weighted by atomic mass is 10.2. The number of rotatable bonds is 4. The van der Waals surface area contributed by atoms with E-state index in [0.717, 1.165) is 19.4 Å². The Bertz CT molecular complexity index is 583. The fourth-order valence-electron chi connectivity index (χ4n) is 2.60. The van der Waals surface area contributed by atoms with E-state index in [2.05, 4.69) is 5.32 Å². The van der Waals surface area contributed by atoms with Gasteiger partial charge in [0.1, 0.15) is 18.0 Å². The predicted molar refractivity (Wildman–Crippen MR) is 77.9 cm³/mol. The number of fused-ring (bicyclic) bond motifs is 1. The number of ether oxygens (including phenoxy) is 2. The molecule has 1 atom stereocenters. The summed E-state index contributed by atoms with van der Waals surface area (Å²) in [6, 6.07) is 4.45. The van der Waals surface area contributed by atoms with Crippen molar-refractivity contribution in [2.45, 2.75) is 18.9 Å². The fourth-order valence-corrected chi connectivity index (χ4v) is 2.60. The normalized spacial score (nSPS) is 20.5. The lowest BCUT2D eigenvalue weighted by Gasteiger charge is -2.29. The highest BCUT2D eigenvalue weighted by atomic mass is 16.5. The van der Waals surface area contributed by atoms with Crippen LogP contribution in [0.5, 0.6) is 11.5 Å². The van der Waals surface area contributed by atoms with Crippen LogP contribution in [0.25, 0.3) is 0 Å². The maximum Gasteiger partial charge on any atom is 0.265 e. The van der Waals surface area contributed by atoms with Gasteiger partial charge in [0.15, 0.2) is 6.61 Å². The number of phenols is 1. The highest BCUT2D eigenvalue weighted by Crippen LogP contribution is 2.34. The van der Waals surface area contributed by atoms with Crippen molar-refractivity contribution in [2.24, 2.45) is 0 Å². The topological polar surface area (TPSA) is 88.1 Å². The molecule has 0 saturated carbocycles. The van der Waals surface area contributed by atoms with Gasteiger partial charge in [-0.1, -0.05) is 0 Å². The number of phenolic OH excluding ortho intramolecular Hbond substituents is 1. The van der Waals surface area contributed by atoms with Crippen LogP contribution in [0.1, 0.15) is 12.8 Å². The number of nitrogens with one attached hydrogen (secondary N) is 1. The lowest BCUT2D eigenvalue weighted by molar-refractivity contribution is -0.125. The summed E-state index contributed by atoms with van der Waals surface area (Å²) in [7, 11) is 0. The van der Waals surface area contributed by atoms with Crippen LogP contribution < -0.4 is 15.0 Å². The molecule has 1 fully saturated rings. The maximum atomic E-state index is 12.0. The molecule has 0 bridgehead atoms. The molecule has 0 radical (unpaired) electrons. The summed E-state index contributed by atoms with van der Waals surface area (Å²) in [6.07, 6.45) is 2.02. The number of hydrogen-bond acceptors (Lipinski definition) is 5. The summed E-state index contributed by atoms with van der Waals surface area (Å²) in [5.74, 6) is -0.0855. The molecule has 2 N–H and O–H groups in total. The Morgan fingerprint density at radius 3 is 3.09 bits per heavy atom. The van der Waals surface area contributed by atoms with Crippen molar-refractivity contribution in [1.82, 2.24) is 5.32 Å². The minimum atomic E-state index is -0.287. The van der Waals surface area contributed by atoms with Crippen molar-refractivity contribution >= 4 is 17.5 Å². The van der Waals surface area contributed by atoms with Crippen LogP contribution in [-0.2, 0) is 14.3 Å². The van der Waals surface area contributed by atoms with Gasteiger partial charge < -0.3 is 19.9 Å². The van der Waals surface area contributed by atoms with E-state index in [1.807, 2.05) is 0 Å². The zero-order chi connectivity index (χ0) is 15.5. The Morgan fingerprint density at radius 2 is 2.32 bits per heavy atom. The molecule has 7 heteroatoms. The summed E-state index contributed by atoms with van der Waals surface area (Å²) in [5, 5.41) is 12.2. The maximum absolute atomic E-state index is 12.0. The number of carbonyl (C=O) groups excluding carboxylic acids is 2. The van der Waals surface area contributed by atoms with Crippen LogP contribution in [0.15, 0.2) is 18.2 Å². The lowest BCUT2D eigenvalue weighted by Crippen LogP contribution is -2.46. The molecule has 0 aromatic heterocycles. The van der Waals surface area contributed by atoms with E-state index in [-0.39, 0.29) is 36.8 Å². The van der Waals surface area contributed by atoms with Crippen LogP contribution in [0, 0.1) is 0 Å². The number of amides is 2. The first-order valence-corrected chi connectivity index (χ1v) is 7.28. The second-order valence-electron chi connectivity index (χ2n) is 5.36. The third kappa shape index (κ3) is 3.14. The van der Waals surface area contributed by atoms with Gasteiger partial charge in [-0.25, -0.2) is 0 Å². The number of carbonyl (C=O) groups is 2. The van der Waals surface area contributed by atoms with E-state index >= 15 is 0 Å². The molecule has 3 rings (SSSR count). The van der Waals surface area contributed by atoms with Crippen LogP contribution in [0.4, 0.5) is 5.69 Å². The quantitative estimate of drug-likeness (QED) is 0.841. The third-order valence-electron chi connectivity index (χ3n) is 3.74. The zero-order valence-corrected chi connectivity index (χ0v) is 12.1. The van der Waals surface area contributed by atoms with E-state index in [0.29, 0.717) is 18.0 Å². The van der Waals surface area contributed by atoms with Crippen LogP contribution in [0.3, 0.4) is 0 Å². The Morgan fingerprint density at radius 1 is 1.45 bits per heavy atom. The molecular formula is C15H18N2O5. The Hall–Kier alpha value is -2.28. The van der Waals surface area contributed by atoms with Gasteiger partial charge in [0.25, 0.3) is 5.91 Å². The number of benzene rings is 1. The molecule has 7 nitrogen and oxygen atoms in total. The fraction of sp³-hybridized carbons (Fsp3) is 0.467. The summed E-state index contributed by atoms with van der Waals surface area (Å²) < 4.78 is 10.7. The predicted octanol–water partition coefficient (Wildman–Crippen LogP) is 0.413. The SMILES string of the molecule is O=C(CN1C(=O)COc2cc(O)ccc21)NCC1CCCO1. The molecule has 2 heterocycles. The van der Waals surface area contributed by atoms with E-state index in [1.165, 1.54) is 17.0 Å².